The highest BCUT2D eigenvalue weighted by atomic mass is 32.1. The van der Waals surface area contributed by atoms with Crippen LogP contribution >= 0.6 is 24.4 Å². The molecule has 8 heteroatoms. The Morgan fingerprint density at radius 2 is 1.96 bits per heavy atom. The van der Waals surface area contributed by atoms with E-state index in [0.29, 0.717) is 27.1 Å². The van der Waals surface area contributed by atoms with Gasteiger partial charge in [0.15, 0.2) is 5.11 Å². The maximum absolute atomic E-state index is 14.2. The number of nitrogens with one attached hydrogen (secondary N) is 1. The maximum atomic E-state index is 14.2. The van der Waals surface area contributed by atoms with Crippen LogP contribution in [0.4, 0.5) is 10.1 Å². The molecule has 0 radical (unpaired) electrons. The minimum absolute atomic E-state index is 0.339. The van der Waals surface area contributed by atoms with E-state index in [1.165, 1.54) is 6.07 Å². The average Bonchev–Trinajstić information content (AvgIpc) is 2.62. The molecule has 0 bridgehead atoms. The van der Waals surface area contributed by atoms with E-state index < -0.39 is 5.82 Å². The van der Waals surface area contributed by atoms with E-state index in [-0.39, 0.29) is 0 Å². The van der Waals surface area contributed by atoms with Crippen LogP contribution in [-0.4, -0.2) is 41.9 Å². The Bertz CT molecular complexity index is 780. The second-order valence-corrected chi connectivity index (χ2v) is 6.01. The van der Waals surface area contributed by atoms with Gasteiger partial charge in [0.25, 0.3) is 0 Å². The molecule has 1 rings (SSSR count). The SMILES string of the molecule is CNC(=S)c1ccc(N(C)C(=S)N(C)/C(C)=C/N=C(C)C#N)cc1F. The second-order valence-electron chi connectivity index (χ2n) is 5.24. The van der Waals surface area contributed by atoms with Crippen LogP contribution in [0.3, 0.4) is 0 Å². The zero-order valence-corrected chi connectivity index (χ0v) is 16.4. The minimum Gasteiger partial charge on any atom is -0.379 e. The molecule has 0 fully saturated rings. The predicted molar refractivity (Wildman–Crippen MR) is 108 cm³/mol. The minimum atomic E-state index is -0.421. The molecule has 0 aliphatic heterocycles. The first-order valence-electron chi connectivity index (χ1n) is 7.37. The van der Waals surface area contributed by atoms with Gasteiger partial charge in [0.05, 0.1) is 0 Å². The number of nitriles is 1. The van der Waals surface area contributed by atoms with E-state index in [1.54, 1.807) is 56.2 Å². The van der Waals surface area contributed by atoms with Gasteiger partial charge < -0.3 is 15.1 Å². The number of nitrogens with zero attached hydrogens (tertiary/aromatic N) is 4. The summed E-state index contributed by atoms with van der Waals surface area (Å²) in [6, 6.07) is 6.70. The summed E-state index contributed by atoms with van der Waals surface area (Å²) >= 11 is 10.5. The Morgan fingerprint density at radius 3 is 2.48 bits per heavy atom. The van der Waals surface area contributed by atoms with Crippen molar-refractivity contribution in [2.75, 3.05) is 26.0 Å². The molecule has 1 aromatic carbocycles. The van der Waals surface area contributed by atoms with Gasteiger partial charge in [-0.2, -0.15) is 5.26 Å². The zero-order chi connectivity index (χ0) is 19.1. The van der Waals surface area contributed by atoms with Crippen molar-refractivity contribution in [3.8, 4) is 6.07 Å². The fourth-order valence-corrected chi connectivity index (χ4v) is 2.24. The molecule has 0 heterocycles. The molecule has 132 valence electrons. The van der Waals surface area contributed by atoms with Crippen molar-refractivity contribution in [3.63, 3.8) is 0 Å². The number of rotatable bonds is 4. The molecule has 0 aliphatic carbocycles. The quantitative estimate of drug-likeness (QED) is 0.642. The lowest BCUT2D eigenvalue weighted by molar-refractivity contribution is 0.619. The van der Waals surface area contributed by atoms with E-state index in [1.807, 2.05) is 13.0 Å². The lowest BCUT2D eigenvalue weighted by atomic mass is 10.2. The van der Waals surface area contributed by atoms with Crippen LogP contribution in [0.1, 0.15) is 19.4 Å². The summed E-state index contributed by atoms with van der Waals surface area (Å²) < 4.78 is 14.2. The largest absolute Gasteiger partial charge is 0.379 e. The van der Waals surface area contributed by atoms with E-state index in [2.05, 4.69) is 10.3 Å². The van der Waals surface area contributed by atoms with Crippen molar-refractivity contribution in [2.45, 2.75) is 13.8 Å². The van der Waals surface area contributed by atoms with Crippen molar-refractivity contribution in [1.82, 2.24) is 10.2 Å². The fraction of sp³-hybridized carbons (Fsp3) is 0.294. The Balaban J connectivity index is 3.01. The normalized spacial score (nSPS) is 11.6. The van der Waals surface area contributed by atoms with E-state index >= 15 is 0 Å². The first-order chi connectivity index (χ1) is 11.7. The Morgan fingerprint density at radius 1 is 1.32 bits per heavy atom. The molecule has 0 aromatic heterocycles. The molecule has 1 aromatic rings. The van der Waals surface area contributed by atoms with Gasteiger partial charge >= 0.3 is 0 Å². The summed E-state index contributed by atoms with van der Waals surface area (Å²) in [5.41, 5.74) is 2.04. The highest BCUT2D eigenvalue weighted by molar-refractivity contribution is 7.80. The van der Waals surface area contributed by atoms with Crippen molar-refractivity contribution >= 4 is 45.9 Å². The number of aliphatic imine (C=N–C) groups is 1. The van der Waals surface area contributed by atoms with Gasteiger partial charge in [-0.1, -0.05) is 12.2 Å². The molecular formula is C17H20FN5S2. The molecule has 0 unspecified atom stereocenters. The second kappa shape index (κ2) is 9.20. The van der Waals surface area contributed by atoms with Gasteiger partial charge in [0.2, 0.25) is 0 Å². The molecule has 25 heavy (non-hydrogen) atoms. The van der Waals surface area contributed by atoms with E-state index in [0.717, 1.165) is 5.70 Å². The molecular weight excluding hydrogens is 357 g/mol. The number of benzene rings is 1. The average molecular weight is 378 g/mol. The summed E-state index contributed by atoms with van der Waals surface area (Å²) in [7, 11) is 5.18. The van der Waals surface area contributed by atoms with E-state index in [4.69, 9.17) is 29.7 Å². The molecule has 0 saturated carbocycles. The maximum Gasteiger partial charge on any atom is 0.179 e. The van der Waals surface area contributed by atoms with Gasteiger partial charge in [-0.25, -0.2) is 9.38 Å². The third kappa shape index (κ3) is 5.31. The molecule has 0 amide bonds. The highest BCUT2D eigenvalue weighted by Gasteiger charge is 2.15. The lowest BCUT2D eigenvalue weighted by Gasteiger charge is -2.28. The number of anilines is 1. The van der Waals surface area contributed by atoms with Crippen molar-refractivity contribution in [1.29, 1.82) is 5.26 Å². The lowest BCUT2D eigenvalue weighted by Crippen LogP contribution is -2.37. The molecule has 0 aliphatic rings. The number of hydrogen-bond donors (Lipinski definition) is 1. The van der Waals surface area contributed by atoms with Crippen molar-refractivity contribution in [2.24, 2.45) is 4.99 Å². The van der Waals surface area contributed by atoms with Crippen LogP contribution in [0.5, 0.6) is 0 Å². The molecule has 0 spiro atoms. The van der Waals surface area contributed by atoms with Gasteiger partial charge in [-0.05, 0) is 44.3 Å². The van der Waals surface area contributed by atoms with Gasteiger partial charge in [-0.3, -0.25) is 0 Å². The Kier molecular flexibility index (Phi) is 7.61. The fourth-order valence-electron chi connectivity index (χ4n) is 1.82. The number of hydrogen-bond acceptors (Lipinski definition) is 4. The number of allylic oxidation sites excluding steroid dienone is 1. The van der Waals surface area contributed by atoms with E-state index in [9.17, 15) is 4.39 Å². The highest BCUT2D eigenvalue weighted by Crippen LogP contribution is 2.20. The summed E-state index contributed by atoms with van der Waals surface area (Å²) in [6.07, 6.45) is 1.56. The van der Waals surface area contributed by atoms with Crippen molar-refractivity contribution in [3.05, 3.63) is 41.5 Å². The van der Waals surface area contributed by atoms with Crippen LogP contribution in [0.2, 0.25) is 0 Å². The molecule has 1 N–H and O–H groups in total. The smallest absolute Gasteiger partial charge is 0.179 e. The standard InChI is InChI=1S/C17H20FN5S2/c1-11(9-19)21-10-12(2)22(4)17(25)23(5)13-6-7-14(15(18)8-13)16(24)20-3/h6-8,10H,1-5H3,(H,20,24)/b12-10+,21-11?. The van der Waals surface area contributed by atoms with Crippen molar-refractivity contribution < 1.29 is 4.39 Å². The van der Waals surface area contributed by atoms with Gasteiger partial charge in [0, 0.05) is 44.3 Å². The zero-order valence-electron chi connectivity index (χ0n) is 14.8. The van der Waals surface area contributed by atoms with Crippen LogP contribution in [-0.2, 0) is 0 Å². The van der Waals surface area contributed by atoms with Crippen LogP contribution in [0.25, 0.3) is 0 Å². The third-order valence-corrected chi connectivity index (χ3v) is 4.49. The molecule has 0 saturated heterocycles. The summed E-state index contributed by atoms with van der Waals surface area (Å²) in [5.74, 6) is -0.421. The summed E-state index contributed by atoms with van der Waals surface area (Å²) in [6.45, 7) is 3.44. The van der Waals surface area contributed by atoms with Crippen LogP contribution in [0.15, 0.2) is 35.1 Å². The number of halogens is 1. The molecule has 5 nitrogen and oxygen atoms in total. The predicted octanol–water partition coefficient (Wildman–Crippen LogP) is 3.22. The monoisotopic (exact) mass is 377 g/mol. The molecule has 0 atom stereocenters. The van der Waals surface area contributed by atoms with Gasteiger partial charge in [-0.15, -0.1) is 0 Å². The van der Waals surface area contributed by atoms with Crippen LogP contribution < -0.4 is 10.2 Å². The number of thiocarbonyl (C=S) groups is 2. The Labute approximate surface area is 158 Å². The Hall–Kier alpha value is -2.37. The van der Waals surface area contributed by atoms with Crippen LogP contribution in [0, 0.1) is 17.1 Å². The van der Waals surface area contributed by atoms with Gasteiger partial charge in [0.1, 0.15) is 22.6 Å². The first-order valence-corrected chi connectivity index (χ1v) is 8.18. The summed E-state index contributed by atoms with van der Waals surface area (Å²) in [4.78, 5) is 7.78. The topological polar surface area (TPSA) is 54.7 Å². The third-order valence-electron chi connectivity index (χ3n) is 3.52. The first kappa shape index (κ1) is 20.7. The summed E-state index contributed by atoms with van der Waals surface area (Å²) in [5, 5.41) is 11.9.